The average Bonchev–Trinajstić information content (AvgIpc) is 2.49. The van der Waals surface area contributed by atoms with Crippen LogP contribution >= 0.6 is 0 Å². The van der Waals surface area contributed by atoms with Gasteiger partial charge in [-0.1, -0.05) is 36.4 Å². The molecule has 0 aliphatic rings. The fraction of sp³-hybridized carbons (Fsp3) is 0.118. The summed E-state index contributed by atoms with van der Waals surface area (Å²) in [6, 6.07) is 19.9. The van der Waals surface area contributed by atoms with Crippen molar-refractivity contribution in [3.8, 4) is 11.6 Å². The first-order valence-electron chi connectivity index (χ1n) is 6.63. The van der Waals surface area contributed by atoms with E-state index in [9.17, 15) is 0 Å². The molecule has 1 heterocycles. The van der Waals surface area contributed by atoms with Crippen molar-refractivity contribution in [2.45, 2.75) is 6.54 Å². The van der Waals surface area contributed by atoms with Gasteiger partial charge in [0.05, 0.1) is 5.52 Å². The summed E-state index contributed by atoms with van der Waals surface area (Å²) in [4.78, 5) is 4.53. The molecule has 20 heavy (non-hydrogen) atoms. The van der Waals surface area contributed by atoms with Crippen molar-refractivity contribution in [3.63, 3.8) is 0 Å². The Labute approximate surface area is 118 Å². The lowest BCUT2D eigenvalue weighted by Gasteiger charge is -2.10. The Morgan fingerprint density at radius 1 is 0.950 bits per heavy atom. The summed E-state index contributed by atoms with van der Waals surface area (Å²) in [5, 5.41) is 4.25. The molecule has 0 spiro atoms. The van der Waals surface area contributed by atoms with E-state index < -0.39 is 0 Å². The number of hydrogen-bond donors (Lipinski definition) is 1. The fourth-order valence-electron chi connectivity index (χ4n) is 2.16. The number of para-hydroxylation sites is 2. The molecule has 1 aromatic heterocycles. The molecule has 0 amide bonds. The Bertz CT molecular complexity index is 725. The Balaban J connectivity index is 1.93. The van der Waals surface area contributed by atoms with E-state index >= 15 is 0 Å². The second-order valence-electron chi connectivity index (χ2n) is 4.58. The summed E-state index contributed by atoms with van der Waals surface area (Å²) in [6.45, 7) is 0.768. The van der Waals surface area contributed by atoms with Gasteiger partial charge in [-0.25, -0.2) is 4.98 Å². The van der Waals surface area contributed by atoms with Crippen molar-refractivity contribution in [1.29, 1.82) is 0 Å². The van der Waals surface area contributed by atoms with Gasteiger partial charge in [0.25, 0.3) is 0 Å². The molecule has 1 N–H and O–H groups in total. The standard InChI is InChI=1S/C17H16N2O/c1-18-12-14-7-3-5-9-16(14)20-17-11-10-13-6-2-4-8-15(13)19-17/h2-11,18H,12H2,1H3. The summed E-state index contributed by atoms with van der Waals surface area (Å²) < 4.78 is 5.92. The monoisotopic (exact) mass is 264 g/mol. The Morgan fingerprint density at radius 3 is 2.65 bits per heavy atom. The molecule has 3 nitrogen and oxygen atoms in total. The minimum atomic E-state index is 0.618. The first kappa shape index (κ1) is 12.6. The normalized spacial score (nSPS) is 10.7. The molecule has 3 aromatic rings. The molecule has 100 valence electrons. The van der Waals surface area contributed by atoms with Gasteiger partial charge < -0.3 is 10.1 Å². The van der Waals surface area contributed by atoms with Crippen LogP contribution in [-0.4, -0.2) is 12.0 Å². The SMILES string of the molecule is CNCc1ccccc1Oc1ccc2ccccc2n1. The lowest BCUT2D eigenvalue weighted by atomic mass is 10.2. The number of nitrogens with one attached hydrogen (secondary N) is 1. The maximum absolute atomic E-state index is 5.92. The van der Waals surface area contributed by atoms with E-state index in [1.807, 2.05) is 67.7 Å². The van der Waals surface area contributed by atoms with Crippen molar-refractivity contribution in [2.24, 2.45) is 0 Å². The molecular formula is C17H16N2O. The van der Waals surface area contributed by atoms with Crippen molar-refractivity contribution in [3.05, 3.63) is 66.2 Å². The van der Waals surface area contributed by atoms with Crippen LogP contribution in [0.5, 0.6) is 11.6 Å². The zero-order chi connectivity index (χ0) is 13.8. The summed E-state index contributed by atoms with van der Waals surface area (Å²) in [5.41, 5.74) is 2.06. The number of pyridine rings is 1. The van der Waals surface area contributed by atoms with Crippen molar-refractivity contribution < 1.29 is 4.74 Å². The third-order valence-electron chi connectivity index (χ3n) is 3.13. The third kappa shape index (κ3) is 2.63. The zero-order valence-electron chi connectivity index (χ0n) is 11.3. The molecule has 0 fully saturated rings. The number of rotatable bonds is 4. The predicted molar refractivity (Wildman–Crippen MR) is 81.0 cm³/mol. The highest BCUT2D eigenvalue weighted by molar-refractivity contribution is 5.78. The predicted octanol–water partition coefficient (Wildman–Crippen LogP) is 3.75. The molecule has 0 saturated heterocycles. The molecule has 2 aromatic carbocycles. The van der Waals surface area contributed by atoms with Crippen LogP contribution in [0.1, 0.15) is 5.56 Å². The molecule has 0 bridgehead atoms. The fourth-order valence-corrected chi connectivity index (χ4v) is 2.16. The summed E-state index contributed by atoms with van der Waals surface area (Å²) >= 11 is 0. The largest absolute Gasteiger partial charge is 0.439 e. The van der Waals surface area contributed by atoms with Crippen molar-refractivity contribution >= 4 is 10.9 Å². The van der Waals surface area contributed by atoms with E-state index in [2.05, 4.69) is 10.3 Å². The van der Waals surface area contributed by atoms with Crippen molar-refractivity contribution in [1.82, 2.24) is 10.3 Å². The van der Waals surface area contributed by atoms with E-state index in [4.69, 9.17) is 4.74 Å². The highest BCUT2D eigenvalue weighted by Gasteiger charge is 2.05. The Kier molecular flexibility index (Phi) is 3.61. The highest BCUT2D eigenvalue weighted by atomic mass is 16.5. The van der Waals surface area contributed by atoms with Gasteiger partial charge in [-0.3, -0.25) is 0 Å². The summed E-state index contributed by atoms with van der Waals surface area (Å²) in [5.74, 6) is 1.46. The van der Waals surface area contributed by atoms with Crippen LogP contribution in [0.3, 0.4) is 0 Å². The first-order valence-corrected chi connectivity index (χ1v) is 6.63. The number of nitrogens with zero attached hydrogens (tertiary/aromatic N) is 1. The average molecular weight is 264 g/mol. The quantitative estimate of drug-likeness (QED) is 0.779. The Hall–Kier alpha value is -2.39. The number of aromatic nitrogens is 1. The van der Waals surface area contributed by atoms with Crippen LogP contribution in [-0.2, 0) is 6.54 Å². The first-order chi connectivity index (χ1) is 9.86. The summed E-state index contributed by atoms with van der Waals surface area (Å²) in [6.07, 6.45) is 0. The zero-order valence-corrected chi connectivity index (χ0v) is 11.3. The van der Waals surface area contributed by atoms with Crippen LogP contribution in [0.2, 0.25) is 0 Å². The van der Waals surface area contributed by atoms with Gasteiger partial charge in [-0.2, -0.15) is 0 Å². The molecule has 0 radical (unpaired) electrons. The number of ether oxygens (including phenoxy) is 1. The minimum absolute atomic E-state index is 0.618. The molecule has 0 aliphatic carbocycles. The third-order valence-corrected chi connectivity index (χ3v) is 3.13. The molecule has 3 heteroatoms. The number of fused-ring (bicyclic) bond motifs is 1. The molecule has 0 aliphatic heterocycles. The second-order valence-corrected chi connectivity index (χ2v) is 4.58. The van der Waals surface area contributed by atoms with E-state index in [-0.39, 0.29) is 0 Å². The number of hydrogen-bond acceptors (Lipinski definition) is 3. The van der Waals surface area contributed by atoms with Gasteiger partial charge in [0, 0.05) is 23.6 Å². The van der Waals surface area contributed by atoms with Crippen LogP contribution in [0.4, 0.5) is 0 Å². The van der Waals surface area contributed by atoms with E-state index in [1.54, 1.807) is 0 Å². The van der Waals surface area contributed by atoms with Crippen LogP contribution < -0.4 is 10.1 Å². The van der Waals surface area contributed by atoms with Gasteiger partial charge in [-0.15, -0.1) is 0 Å². The molecule has 0 saturated carbocycles. The number of benzene rings is 2. The Morgan fingerprint density at radius 2 is 1.75 bits per heavy atom. The molecular weight excluding hydrogens is 248 g/mol. The van der Waals surface area contributed by atoms with Gasteiger partial charge in [0.15, 0.2) is 0 Å². The lowest BCUT2D eigenvalue weighted by Crippen LogP contribution is -2.06. The van der Waals surface area contributed by atoms with E-state index in [1.165, 1.54) is 0 Å². The minimum Gasteiger partial charge on any atom is -0.439 e. The van der Waals surface area contributed by atoms with E-state index in [0.717, 1.165) is 28.8 Å². The van der Waals surface area contributed by atoms with Gasteiger partial charge in [-0.05, 0) is 25.2 Å². The van der Waals surface area contributed by atoms with E-state index in [0.29, 0.717) is 5.88 Å². The molecule has 0 atom stereocenters. The van der Waals surface area contributed by atoms with Crippen LogP contribution in [0, 0.1) is 0 Å². The molecule has 3 rings (SSSR count). The van der Waals surface area contributed by atoms with Gasteiger partial charge in [0.2, 0.25) is 5.88 Å². The maximum atomic E-state index is 5.92. The van der Waals surface area contributed by atoms with Gasteiger partial charge >= 0.3 is 0 Å². The van der Waals surface area contributed by atoms with Crippen LogP contribution in [0.15, 0.2) is 60.7 Å². The van der Waals surface area contributed by atoms with Crippen LogP contribution in [0.25, 0.3) is 10.9 Å². The summed E-state index contributed by atoms with van der Waals surface area (Å²) in [7, 11) is 1.92. The maximum Gasteiger partial charge on any atom is 0.219 e. The van der Waals surface area contributed by atoms with Gasteiger partial charge in [0.1, 0.15) is 5.75 Å². The smallest absolute Gasteiger partial charge is 0.219 e. The topological polar surface area (TPSA) is 34.1 Å². The molecule has 0 unspecified atom stereocenters. The lowest BCUT2D eigenvalue weighted by molar-refractivity contribution is 0.457. The van der Waals surface area contributed by atoms with Crippen molar-refractivity contribution in [2.75, 3.05) is 7.05 Å². The second kappa shape index (κ2) is 5.72. The highest BCUT2D eigenvalue weighted by Crippen LogP contribution is 2.25.